The zero-order chi connectivity index (χ0) is 15.3. The molecule has 1 fully saturated rings. The van der Waals surface area contributed by atoms with E-state index in [1.165, 1.54) is 19.3 Å². The molecule has 1 aromatic rings. The molecule has 0 saturated carbocycles. The van der Waals surface area contributed by atoms with E-state index in [0.29, 0.717) is 5.88 Å². The van der Waals surface area contributed by atoms with E-state index in [2.05, 4.69) is 34.1 Å². The van der Waals surface area contributed by atoms with Gasteiger partial charge in [-0.2, -0.15) is 0 Å². The third-order valence-electron chi connectivity index (χ3n) is 4.74. The van der Waals surface area contributed by atoms with Crippen molar-refractivity contribution in [2.75, 3.05) is 20.2 Å². The van der Waals surface area contributed by atoms with Crippen LogP contribution in [0.1, 0.15) is 51.3 Å². The lowest BCUT2D eigenvalue weighted by molar-refractivity contribution is 0.0401. The molecule has 6 heteroatoms. The van der Waals surface area contributed by atoms with Gasteiger partial charge in [0.1, 0.15) is 5.69 Å². The van der Waals surface area contributed by atoms with Crippen molar-refractivity contribution in [3.05, 3.63) is 18.1 Å². The Morgan fingerprint density at radius 2 is 2.00 bits per heavy atom. The summed E-state index contributed by atoms with van der Waals surface area (Å²) >= 11 is 0. The topological polar surface area (TPSA) is 76.3 Å². The SMILES string of the molecule is CCC(C)(C(NN)c1nccnc1OC)N1CCCCC1. The summed E-state index contributed by atoms with van der Waals surface area (Å²) in [4.78, 5) is 11.3. The van der Waals surface area contributed by atoms with Crippen molar-refractivity contribution in [3.8, 4) is 5.88 Å². The zero-order valence-electron chi connectivity index (χ0n) is 13.3. The molecule has 0 amide bonds. The molecule has 6 nitrogen and oxygen atoms in total. The molecule has 0 spiro atoms. The fourth-order valence-electron chi connectivity index (χ4n) is 3.26. The van der Waals surface area contributed by atoms with Crippen LogP contribution in [0.15, 0.2) is 12.4 Å². The van der Waals surface area contributed by atoms with E-state index in [-0.39, 0.29) is 11.6 Å². The molecule has 2 atom stereocenters. The maximum Gasteiger partial charge on any atom is 0.237 e. The Bertz CT molecular complexity index is 449. The Balaban J connectivity index is 2.36. The normalized spacial score (nSPS) is 20.8. The van der Waals surface area contributed by atoms with E-state index < -0.39 is 0 Å². The highest BCUT2D eigenvalue weighted by atomic mass is 16.5. The minimum atomic E-state index is -0.121. The van der Waals surface area contributed by atoms with Gasteiger partial charge in [-0.05, 0) is 39.3 Å². The fourth-order valence-corrected chi connectivity index (χ4v) is 3.26. The second-order valence-electron chi connectivity index (χ2n) is 5.81. The number of nitrogens with two attached hydrogens (primary N) is 1. The first-order valence-electron chi connectivity index (χ1n) is 7.73. The number of hydrogen-bond acceptors (Lipinski definition) is 6. The average Bonchev–Trinajstić information content (AvgIpc) is 2.56. The summed E-state index contributed by atoms with van der Waals surface area (Å²) in [6.07, 6.45) is 8.09. The third kappa shape index (κ3) is 3.17. The summed E-state index contributed by atoms with van der Waals surface area (Å²) < 4.78 is 5.37. The second kappa shape index (κ2) is 7.15. The number of nitrogens with one attached hydrogen (secondary N) is 1. The molecular weight excluding hydrogens is 266 g/mol. The van der Waals surface area contributed by atoms with E-state index in [1.54, 1.807) is 19.5 Å². The van der Waals surface area contributed by atoms with Crippen LogP contribution in [0.25, 0.3) is 0 Å². The van der Waals surface area contributed by atoms with E-state index in [0.717, 1.165) is 25.2 Å². The number of ether oxygens (including phenoxy) is 1. The summed E-state index contributed by atoms with van der Waals surface area (Å²) in [7, 11) is 1.62. The Hall–Kier alpha value is -1.24. The summed E-state index contributed by atoms with van der Waals surface area (Å²) in [5, 5.41) is 0. The van der Waals surface area contributed by atoms with Crippen molar-refractivity contribution in [1.82, 2.24) is 20.3 Å². The number of aromatic nitrogens is 2. The number of rotatable bonds is 6. The summed E-state index contributed by atoms with van der Waals surface area (Å²) in [5.41, 5.74) is 3.62. The Morgan fingerprint density at radius 1 is 1.33 bits per heavy atom. The number of hydrogen-bond donors (Lipinski definition) is 2. The van der Waals surface area contributed by atoms with Gasteiger partial charge in [0.05, 0.1) is 13.2 Å². The number of hydrazine groups is 1. The number of nitrogens with zero attached hydrogens (tertiary/aromatic N) is 3. The van der Waals surface area contributed by atoms with Crippen LogP contribution >= 0.6 is 0 Å². The monoisotopic (exact) mass is 293 g/mol. The standard InChI is InChI=1S/C15H27N5O/c1-4-15(2,20-10-6-5-7-11-20)13(19-16)12-14(21-3)18-9-8-17-12/h8-9,13,19H,4-7,10-11,16H2,1-3H3. The molecule has 21 heavy (non-hydrogen) atoms. The smallest absolute Gasteiger partial charge is 0.237 e. The van der Waals surface area contributed by atoms with Crippen LogP contribution in [0, 0.1) is 0 Å². The highest BCUT2D eigenvalue weighted by Crippen LogP contribution is 2.37. The first-order chi connectivity index (χ1) is 10.2. The molecule has 118 valence electrons. The maximum atomic E-state index is 5.90. The van der Waals surface area contributed by atoms with Gasteiger partial charge in [0.15, 0.2) is 0 Å². The summed E-state index contributed by atoms with van der Waals surface area (Å²) in [5.74, 6) is 6.44. The van der Waals surface area contributed by atoms with Crippen LogP contribution in [0.2, 0.25) is 0 Å². The van der Waals surface area contributed by atoms with Crippen molar-refractivity contribution in [3.63, 3.8) is 0 Å². The van der Waals surface area contributed by atoms with Crippen LogP contribution in [-0.2, 0) is 0 Å². The van der Waals surface area contributed by atoms with Crippen LogP contribution < -0.4 is 16.0 Å². The first-order valence-corrected chi connectivity index (χ1v) is 7.73. The molecule has 1 aliphatic heterocycles. The van der Waals surface area contributed by atoms with Crippen LogP contribution in [0.4, 0.5) is 0 Å². The van der Waals surface area contributed by atoms with Crippen molar-refractivity contribution in [1.29, 1.82) is 0 Å². The van der Waals surface area contributed by atoms with E-state index in [4.69, 9.17) is 10.6 Å². The zero-order valence-corrected chi connectivity index (χ0v) is 13.3. The molecule has 0 aliphatic carbocycles. The molecule has 3 N–H and O–H groups in total. The number of piperidine rings is 1. The van der Waals surface area contributed by atoms with Crippen molar-refractivity contribution < 1.29 is 4.74 Å². The lowest BCUT2D eigenvalue weighted by Gasteiger charge is -2.47. The summed E-state index contributed by atoms with van der Waals surface area (Å²) in [6.45, 7) is 6.65. The van der Waals surface area contributed by atoms with Crippen LogP contribution in [-0.4, -0.2) is 40.6 Å². The first kappa shape index (κ1) is 16.1. The van der Waals surface area contributed by atoms with E-state index in [9.17, 15) is 0 Å². The van der Waals surface area contributed by atoms with Crippen molar-refractivity contribution in [2.24, 2.45) is 5.84 Å². The van der Waals surface area contributed by atoms with Crippen molar-refractivity contribution in [2.45, 2.75) is 51.1 Å². The molecule has 2 heterocycles. The molecule has 1 saturated heterocycles. The second-order valence-corrected chi connectivity index (χ2v) is 5.81. The molecule has 1 aromatic heterocycles. The number of methoxy groups -OCH3 is 1. The summed E-state index contributed by atoms with van der Waals surface area (Å²) in [6, 6.07) is -0.121. The van der Waals surface area contributed by atoms with E-state index >= 15 is 0 Å². The van der Waals surface area contributed by atoms with Gasteiger partial charge in [0.2, 0.25) is 5.88 Å². The Labute approximate surface area is 127 Å². The van der Waals surface area contributed by atoms with Crippen molar-refractivity contribution >= 4 is 0 Å². The highest BCUT2D eigenvalue weighted by Gasteiger charge is 2.41. The van der Waals surface area contributed by atoms with Gasteiger partial charge in [-0.15, -0.1) is 0 Å². The molecule has 0 bridgehead atoms. The van der Waals surface area contributed by atoms with Crippen LogP contribution in [0.5, 0.6) is 5.88 Å². The average molecular weight is 293 g/mol. The van der Waals surface area contributed by atoms with Gasteiger partial charge in [0, 0.05) is 17.9 Å². The fraction of sp³-hybridized carbons (Fsp3) is 0.733. The van der Waals surface area contributed by atoms with E-state index in [1.807, 2.05) is 0 Å². The van der Waals surface area contributed by atoms with Gasteiger partial charge >= 0.3 is 0 Å². The molecular formula is C15H27N5O. The third-order valence-corrected chi connectivity index (χ3v) is 4.74. The molecule has 2 rings (SSSR count). The lowest BCUT2D eigenvalue weighted by Crippen LogP contribution is -2.57. The van der Waals surface area contributed by atoms with Gasteiger partial charge in [-0.25, -0.2) is 10.4 Å². The number of likely N-dealkylation sites (tertiary alicyclic amines) is 1. The van der Waals surface area contributed by atoms with Gasteiger partial charge in [-0.1, -0.05) is 13.3 Å². The Kier molecular flexibility index (Phi) is 5.50. The molecule has 0 aromatic carbocycles. The van der Waals surface area contributed by atoms with Crippen LogP contribution in [0.3, 0.4) is 0 Å². The molecule has 0 radical (unpaired) electrons. The Morgan fingerprint density at radius 3 is 2.57 bits per heavy atom. The quantitative estimate of drug-likeness (QED) is 0.613. The predicted octanol–water partition coefficient (Wildman–Crippen LogP) is 1.64. The minimum absolute atomic E-state index is 0.113. The highest BCUT2D eigenvalue weighted by molar-refractivity contribution is 5.25. The van der Waals surface area contributed by atoms with Gasteiger partial charge in [-0.3, -0.25) is 15.7 Å². The predicted molar refractivity (Wildman–Crippen MR) is 82.8 cm³/mol. The molecule has 1 aliphatic rings. The lowest BCUT2D eigenvalue weighted by atomic mass is 9.84. The van der Waals surface area contributed by atoms with Gasteiger partial charge in [0.25, 0.3) is 0 Å². The molecule has 2 unspecified atom stereocenters. The minimum Gasteiger partial charge on any atom is -0.480 e. The maximum absolute atomic E-state index is 5.90. The largest absolute Gasteiger partial charge is 0.480 e. The van der Waals surface area contributed by atoms with Gasteiger partial charge < -0.3 is 4.74 Å².